The first kappa shape index (κ1) is 12.7. The molecule has 1 atom stereocenters. The summed E-state index contributed by atoms with van der Waals surface area (Å²) >= 11 is 1.20. The highest BCUT2D eigenvalue weighted by Crippen LogP contribution is 2.20. The second-order valence-electron chi connectivity index (χ2n) is 4.62. The van der Waals surface area contributed by atoms with Gasteiger partial charge in [0.1, 0.15) is 6.04 Å². The highest BCUT2D eigenvalue weighted by molar-refractivity contribution is 8.14. The number of nitrogens with one attached hydrogen (secondary N) is 2. The van der Waals surface area contributed by atoms with Gasteiger partial charge in [0, 0.05) is 18.8 Å². The SMILES string of the molecule is CNCC1CCN(C(=O)C2CSC(=O)N2)CC1. The Kier molecular flexibility index (Phi) is 4.28. The molecule has 2 N–H and O–H groups in total. The molecule has 0 radical (unpaired) electrons. The molecule has 96 valence electrons. The smallest absolute Gasteiger partial charge is 0.279 e. The lowest BCUT2D eigenvalue weighted by Gasteiger charge is -2.33. The lowest BCUT2D eigenvalue weighted by molar-refractivity contribution is -0.133. The minimum Gasteiger partial charge on any atom is -0.341 e. The predicted molar refractivity (Wildman–Crippen MR) is 68.0 cm³/mol. The van der Waals surface area contributed by atoms with Gasteiger partial charge in [0.2, 0.25) is 5.91 Å². The minimum atomic E-state index is -0.298. The lowest BCUT2D eigenvalue weighted by atomic mass is 9.96. The van der Waals surface area contributed by atoms with Crippen molar-refractivity contribution in [3.05, 3.63) is 0 Å². The van der Waals surface area contributed by atoms with Crippen LogP contribution in [0.25, 0.3) is 0 Å². The zero-order valence-electron chi connectivity index (χ0n) is 10.1. The molecule has 0 aromatic heterocycles. The number of rotatable bonds is 3. The van der Waals surface area contributed by atoms with Gasteiger partial charge in [0.05, 0.1) is 0 Å². The van der Waals surface area contributed by atoms with E-state index in [2.05, 4.69) is 10.6 Å². The van der Waals surface area contributed by atoms with E-state index in [4.69, 9.17) is 0 Å². The fourth-order valence-corrected chi connectivity index (χ4v) is 3.15. The van der Waals surface area contributed by atoms with Crippen LogP contribution in [0.15, 0.2) is 0 Å². The number of thioether (sulfide) groups is 1. The van der Waals surface area contributed by atoms with Crippen molar-refractivity contribution in [2.24, 2.45) is 5.92 Å². The number of likely N-dealkylation sites (tertiary alicyclic amines) is 1. The van der Waals surface area contributed by atoms with Gasteiger partial charge >= 0.3 is 0 Å². The molecular formula is C11H19N3O2S. The molecule has 2 aliphatic rings. The van der Waals surface area contributed by atoms with Crippen molar-refractivity contribution in [1.82, 2.24) is 15.5 Å². The molecule has 17 heavy (non-hydrogen) atoms. The van der Waals surface area contributed by atoms with Crippen molar-refractivity contribution in [1.29, 1.82) is 0 Å². The summed E-state index contributed by atoms with van der Waals surface area (Å²) in [6.45, 7) is 2.67. The van der Waals surface area contributed by atoms with Crippen molar-refractivity contribution in [3.8, 4) is 0 Å². The maximum absolute atomic E-state index is 12.1. The Hall–Kier alpha value is -0.750. The second-order valence-corrected chi connectivity index (χ2v) is 5.61. The number of nitrogens with zero attached hydrogens (tertiary/aromatic N) is 1. The minimum absolute atomic E-state index is 0.0755. The fourth-order valence-electron chi connectivity index (χ4n) is 2.38. The Labute approximate surface area is 106 Å². The predicted octanol–water partition coefficient (Wildman–Crippen LogP) is 0.269. The van der Waals surface area contributed by atoms with E-state index < -0.39 is 0 Å². The average molecular weight is 257 g/mol. The van der Waals surface area contributed by atoms with E-state index in [9.17, 15) is 9.59 Å². The molecule has 2 fully saturated rings. The highest BCUT2D eigenvalue weighted by Gasteiger charge is 2.32. The molecule has 0 aromatic carbocycles. The van der Waals surface area contributed by atoms with Gasteiger partial charge < -0.3 is 15.5 Å². The first-order valence-corrected chi connectivity index (χ1v) is 7.06. The van der Waals surface area contributed by atoms with Crippen molar-refractivity contribution in [2.45, 2.75) is 18.9 Å². The van der Waals surface area contributed by atoms with E-state index in [1.54, 1.807) is 0 Å². The van der Waals surface area contributed by atoms with Gasteiger partial charge in [-0.25, -0.2) is 0 Å². The molecule has 1 unspecified atom stereocenters. The molecule has 2 rings (SSSR count). The molecule has 2 amide bonds. The summed E-state index contributed by atoms with van der Waals surface area (Å²) in [6.07, 6.45) is 2.11. The van der Waals surface area contributed by atoms with Crippen molar-refractivity contribution < 1.29 is 9.59 Å². The Morgan fingerprint density at radius 2 is 2.24 bits per heavy atom. The quantitative estimate of drug-likeness (QED) is 0.762. The van der Waals surface area contributed by atoms with Gasteiger partial charge in [-0.1, -0.05) is 11.8 Å². The fraction of sp³-hybridized carbons (Fsp3) is 0.818. The summed E-state index contributed by atoms with van der Waals surface area (Å²) < 4.78 is 0. The van der Waals surface area contributed by atoms with Crippen LogP contribution in [0.2, 0.25) is 0 Å². The number of piperidine rings is 1. The largest absolute Gasteiger partial charge is 0.341 e. The summed E-state index contributed by atoms with van der Waals surface area (Å²) in [7, 11) is 1.96. The Bertz CT molecular complexity index is 303. The van der Waals surface area contributed by atoms with Crippen LogP contribution in [0.3, 0.4) is 0 Å². The third kappa shape index (κ3) is 3.13. The standard InChI is InChI=1S/C11H19N3O2S/c1-12-6-8-2-4-14(5-3-8)10(15)9-7-17-11(16)13-9/h8-9,12H,2-7H2,1H3,(H,13,16). The van der Waals surface area contributed by atoms with Crippen molar-refractivity contribution in [3.63, 3.8) is 0 Å². The molecular weight excluding hydrogens is 238 g/mol. The zero-order valence-corrected chi connectivity index (χ0v) is 10.9. The van der Waals surface area contributed by atoms with Crippen LogP contribution in [-0.4, -0.2) is 54.5 Å². The molecule has 5 nitrogen and oxygen atoms in total. The second kappa shape index (κ2) is 5.73. The summed E-state index contributed by atoms with van der Waals surface area (Å²) in [5.74, 6) is 1.34. The molecule has 0 aliphatic carbocycles. The maximum atomic E-state index is 12.1. The summed E-state index contributed by atoms with van der Waals surface area (Å²) in [4.78, 5) is 25.0. The van der Waals surface area contributed by atoms with Gasteiger partial charge in [-0.15, -0.1) is 0 Å². The zero-order chi connectivity index (χ0) is 12.3. The van der Waals surface area contributed by atoms with Crippen molar-refractivity contribution >= 4 is 22.9 Å². The molecule has 2 aliphatic heterocycles. The molecule has 6 heteroatoms. The van der Waals surface area contributed by atoms with Crippen LogP contribution in [0.4, 0.5) is 4.79 Å². The molecule has 2 heterocycles. The summed E-state index contributed by atoms with van der Waals surface area (Å²) in [5.41, 5.74) is 0. The summed E-state index contributed by atoms with van der Waals surface area (Å²) in [6, 6.07) is -0.298. The van der Waals surface area contributed by atoms with Crippen LogP contribution in [0.5, 0.6) is 0 Å². The van der Waals surface area contributed by atoms with Gasteiger partial charge in [-0.2, -0.15) is 0 Å². The number of amides is 2. The van der Waals surface area contributed by atoms with Gasteiger partial charge in [0.25, 0.3) is 5.24 Å². The third-order valence-electron chi connectivity index (χ3n) is 3.39. The van der Waals surface area contributed by atoms with Crippen LogP contribution in [-0.2, 0) is 4.79 Å². The normalized spacial score (nSPS) is 26.1. The first-order chi connectivity index (χ1) is 8.20. The average Bonchev–Trinajstić information content (AvgIpc) is 2.76. The van der Waals surface area contributed by atoms with Crippen molar-refractivity contribution in [2.75, 3.05) is 32.4 Å². The molecule has 0 spiro atoms. The number of hydrogen-bond donors (Lipinski definition) is 2. The van der Waals surface area contributed by atoms with E-state index >= 15 is 0 Å². The van der Waals surface area contributed by atoms with Gasteiger partial charge in [-0.05, 0) is 32.4 Å². The van der Waals surface area contributed by atoms with E-state index in [-0.39, 0.29) is 17.2 Å². The topological polar surface area (TPSA) is 61.4 Å². The number of hydrogen-bond acceptors (Lipinski definition) is 4. The third-order valence-corrected chi connectivity index (χ3v) is 4.27. The van der Waals surface area contributed by atoms with E-state index in [0.717, 1.165) is 32.5 Å². The lowest BCUT2D eigenvalue weighted by Crippen LogP contribution is -2.49. The van der Waals surface area contributed by atoms with E-state index in [1.165, 1.54) is 11.8 Å². The van der Waals surface area contributed by atoms with Gasteiger partial charge in [-0.3, -0.25) is 9.59 Å². The molecule has 0 saturated carbocycles. The Morgan fingerprint density at radius 1 is 1.53 bits per heavy atom. The maximum Gasteiger partial charge on any atom is 0.279 e. The molecule has 0 aromatic rings. The van der Waals surface area contributed by atoms with E-state index in [0.29, 0.717) is 11.7 Å². The van der Waals surface area contributed by atoms with E-state index in [1.807, 2.05) is 11.9 Å². The van der Waals surface area contributed by atoms with Crippen LogP contribution in [0, 0.1) is 5.92 Å². The number of carbonyl (C=O) groups is 2. The number of carbonyl (C=O) groups excluding carboxylic acids is 2. The van der Waals surface area contributed by atoms with Crippen LogP contribution < -0.4 is 10.6 Å². The highest BCUT2D eigenvalue weighted by atomic mass is 32.2. The van der Waals surface area contributed by atoms with Gasteiger partial charge in [0.15, 0.2) is 0 Å². The Morgan fingerprint density at radius 3 is 2.76 bits per heavy atom. The molecule has 0 bridgehead atoms. The molecule has 2 saturated heterocycles. The van der Waals surface area contributed by atoms with Crippen LogP contribution >= 0.6 is 11.8 Å². The monoisotopic (exact) mass is 257 g/mol. The first-order valence-electron chi connectivity index (χ1n) is 6.07. The van der Waals surface area contributed by atoms with Crippen LogP contribution in [0.1, 0.15) is 12.8 Å². The Balaban J connectivity index is 1.80. The summed E-state index contributed by atoms with van der Waals surface area (Å²) in [5, 5.41) is 5.81.